The average Bonchev–Trinajstić information content (AvgIpc) is 2.64. The van der Waals surface area contributed by atoms with Crippen LogP contribution >= 0.6 is 0 Å². The second-order valence-electron chi connectivity index (χ2n) is 4.37. The lowest BCUT2D eigenvalue weighted by atomic mass is 10.2. The van der Waals surface area contributed by atoms with Crippen molar-refractivity contribution < 1.29 is 9.18 Å². The third-order valence-electron chi connectivity index (χ3n) is 2.98. The Bertz CT molecular complexity index is 266. The highest BCUT2D eigenvalue weighted by Gasteiger charge is 2.26. The average molecular weight is 228 g/mol. The van der Waals surface area contributed by atoms with Crippen LogP contribution in [0.3, 0.4) is 0 Å². The summed E-state index contributed by atoms with van der Waals surface area (Å²) in [4.78, 5) is 11.4. The number of carbonyl (C=O) groups excluding carboxylic acids is 1. The van der Waals surface area contributed by atoms with Gasteiger partial charge in [-0.05, 0) is 38.2 Å². The predicted molar refractivity (Wildman–Crippen MR) is 62.5 cm³/mol. The largest absolute Gasteiger partial charge is 0.346 e. The first-order valence-corrected chi connectivity index (χ1v) is 6.07. The minimum atomic E-state index is -0.674. The minimum absolute atomic E-state index is 0.0209. The minimum Gasteiger partial charge on any atom is -0.346 e. The molecule has 0 bridgehead atoms. The summed E-state index contributed by atoms with van der Waals surface area (Å²) >= 11 is 0. The third kappa shape index (κ3) is 3.93. The number of rotatable bonds is 5. The van der Waals surface area contributed by atoms with E-state index in [1.807, 2.05) is 6.92 Å². The molecule has 92 valence electrons. The number of nitrogens with one attached hydrogen (secondary N) is 1. The van der Waals surface area contributed by atoms with Crippen molar-refractivity contribution in [1.82, 2.24) is 5.32 Å². The Morgan fingerprint density at radius 3 is 2.88 bits per heavy atom. The van der Waals surface area contributed by atoms with Gasteiger partial charge in [-0.3, -0.25) is 4.79 Å². The molecule has 0 aliphatic heterocycles. The molecule has 3 N–H and O–H groups in total. The highest BCUT2D eigenvalue weighted by atomic mass is 19.1. The van der Waals surface area contributed by atoms with Gasteiger partial charge in [-0.25, -0.2) is 4.39 Å². The maximum Gasteiger partial charge on any atom is 0.279 e. The fourth-order valence-corrected chi connectivity index (χ4v) is 1.93. The molecule has 3 nitrogen and oxygen atoms in total. The van der Waals surface area contributed by atoms with Crippen LogP contribution < -0.4 is 11.1 Å². The summed E-state index contributed by atoms with van der Waals surface area (Å²) in [5, 5.41) is 2.65. The van der Waals surface area contributed by atoms with Gasteiger partial charge in [0.25, 0.3) is 5.91 Å². The van der Waals surface area contributed by atoms with Crippen molar-refractivity contribution in [3.63, 3.8) is 0 Å². The van der Waals surface area contributed by atoms with Crippen LogP contribution in [0.2, 0.25) is 0 Å². The van der Waals surface area contributed by atoms with Gasteiger partial charge >= 0.3 is 0 Å². The van der Waals surface area contributed by atoms with Gasteiger partial charge in [-0.1, -0.05) is 13.3 Å². The van der Waals surface area contributed by atoms with E-state index >= 15 is 0 Å². The molecule has 1 amide bonds. The second-order valence-corrected chi connectivity index (χ2v) is 4.37. The maximum absolute atomic E-state index is 13.3. The normalized spacial score (nSPS) is 25.8. The molecule has 2 atom stereocenters. The standard InChI is InChI=1S/C12H21FN2O/c1-2-3-4-6-9(13)12(16)15-11-8-5-7-10(11)14/h6,10-11H,2-5,7-8,14H2,1H3,(H,15,16)/b9-6+/t10-,11+/m1/s1. The summed E-state index contributed by atoms with van der Waals surface area (Å²) in [5.41, 5.74) is 5.79. The molecule has 0 spiro atoms. The first kappa shape index (κ1) is 13.2. The Hall–Kier alpha value is -0.900. The Morgan fingerprint density at radius 2 is 2.31 bits per heavy atom. The number of carbonyl (C=O) groups is 1. The summed E-state index contributed by atoms with van der Waals surface area (Å²) in [6.45, 7) is 2.03. The fourth-order valence-electron chi connectivity index (χ4n) is 1.93. The lowest BCUT2D eigenvalue weighted by Crippen LogP contribution is -2.44. The zero-order chi connectivity index (χ0) is 12.0. The van der Waals surface area contributed by atoms with Gasteiger partial charge in [0.15, 0.2) is 5.83 Å². The smallest absolute Gasteiger partial charge is 0.279 e. The van der Waals surface area contributed by atoms with E-state index in [4.69, 9.17) is 5.73 Å². The molecule has 0 heterocycles. The molecule has 1 saturated carbocycles. The van der Waals surface area contributed by atoms with E-state index < -0.39 is 11.7 Å². The van der Waals surface area contributed by atoms with Gasteiger partial charge in [-0.15, -0.1) is 0 Å². The number of hydrogen-bond acceptors (Lipinski definition) is 2. The van der Waals surface area contributed by atoms with Crippen LogP contribution in [-0.2, 0) is 4.79 Å². The number of halogens is 1. The van der Waals surface area contributed by atoms with Crippen LogP contribution in [0.1, 0.15) is 45.4 Å². The molecule has 0 radical (unpaired) electrons. The fraction of sp³-hybridized carbons (Fsp3) is 0.750. The lowest BCUT2D eigenvalue weighted by Gasteiger charge is -2.16. The van der Waals surface area contributed by atoms with Gasteiger partial charge in [0.1, 0.15) is 0 Å². The van der Waals surface area contributed by atoms with Crippen molar-refractivity contribution in [2.45, 2.75) is 57.5 Å². The van der Waals surface area contributed by atoms with Crippen molar-refractivity contribution >= 4 is 5.91 Å². The molecule has 16 heavy (non-hydrogen) atoms. The molecule has 1 rings (SSSR count). The number of hydrogen-bond donors (Lipinski definition) is 2. The molecular formula is C12H21FN2O. The maximum atomic E-state index is 13.3. The molecule has 4 heteroatoms. The number of amides is 1. The molecular weight excluding hydrogens is 207 g/mol. The molecule has 0 saturated heterocycles. The quantitative estimate of drug-likeness (QED) is 0.559. The number of unbranched alkanes of at least 4 members (excludes halogenated alkanes) is 2. The van der Waals surface area contributed by atoms with Crippen LogP contribution in [0.25, 0.3) is 0 Å². The van der Waals surface area contributed by atoms with E-state index in [2.05, 4.69) is 5.32 Å². The Kier molecular flexibility index (Phi) is 5.46. The second kappa shape index (κ2) is 6.63. The van der Waals surface area contributed by atoms with Crippen molar-refractivity contribution in [3.05, 3.63) is 11.9 Å². The first-order chi connectivity index (χ1) is 7.65. The molecule has 0 unspecified atom stereocenters. The lowest BCUT2D eigenvalue weighted by molar-refractivity contribution is -0.119. The molecule has 0 aromatic rings. The first-order valence-electron chi connectivity index (χ1n) is 6.07. The van der Waals surface area contributed by atoms with E-state index in [-0.39, 0.29) is 12.1 Å². The zero-order valence-corrected chi connectivity index (χ0v) is 9.84. The summed E-state index contributed by atoms with van der Waals surface area (Å²) in [6.07, 6.45) is 6.66. The van der Waals surface area contributed by atoms with E-state index in [0.29, 0.717) is 6.42 Å². The van der Waals surface area contributed by atoms with Crippen LogP contribution in [0.15, 0.2) is 11.9 Å². The molecule has 0 aromatic heterocycles. The Balaban J connectivity index is 2.36. The van der Waals surface area contributed by atoms with E-state index in [1.54, 1.807) is 0 Å². The summed E-state index contributed by atoms with van der Waals surface area (Å²) in [7, 11) is 0. The Morgan fingerprint density at radius 1 is 1.56 bits per heavy atom. The van der Waals surface area contributed by atoms with E-state index in [0.717, 1.165) is 32.1 Å². The van der Waals surface area contributed by atoms with Crippen molar-refractivity contribution in [1.29, 1.82) is 0 Å². The molecule has 1 aliphatic rings. The van der Waals surface area contributed by atoms with Gasteiger partial charge in [0.2, 0.25) is 0 Å². The Labute approximate surface area is 96.3 Å². The van der Waals surface area contributed by atoms with Crippen LogP contribution in [0.5, 0.6) is 0 Å². The summed E-state index contributed by atoms with van der Waals surface area (Å²) < 4.78 is 13.3. The van der Waals surface area contributed by atoms with Gasteiger partial charge < -0.3 is 11.1 Å². The molecule has 1 aliphatic carbocycles. The van der Waals surface area contributed by atoms with Crippen molar-refractivity contribution in [3.8, 4) is 0 Å². The highest BCUT2D eigenvalue weighted by molar-refractivity contribution is 5.91. The van der Waals surface area contributed by atoms with Crippen LogP contribution in [-0.4, -0.2) is 18.0 Å². The van der Waals surface area contributed by atoms with Crippen LogP contribution in [0.4, 0.5) is 4.39 Å². The predicted octanol–water partition coefficient (Wildman–Crippen LogP) is 2.03. The summed E-state index contributed by atoms with van der Waals surface area (Å²) in [6, 6.07) is -0.0785. The van der Waals surface area contributed by atoms with Gasteiger partial charge in [0, 0.05) is 12.1 Å². The van der Waals surface area contributed by atoms with Crippen LogP contribution in [0, 0.1) is 0 Å². The summed E-state index contributed by atoms with van der Waals surface area (Å²) in [5.74, 6) is -1.29. The zero-order valence-electron chi connectivity index (χ0n) is 9.84. The van der Waals surface area contributed by atoms with Crippen molar-refractivity contribution in [2.75, 3.05) is 0 Å². The third-order valence-corrected chi connectivity index (χ3v) is 2.98. The van der Waals surface area contributed by atoms with E-state index in [9.17, 15) is 9.18 Å². The molecule has 0 aromatic carbocycles. The number of allylic oxidation sites excluding steroid dienone is 1. The SMILES string of the molecule is CCCC/C=C(/F)C(=O)N[C@H]1CCC[C@H]1N. The topological polar surface area (TPSA) is 55.1 Å². The van der Waals surface area contributed by atoms with Crippen molar-refractivity contribution in [2.24, 2.45) is 5.73 Å². The van der Waals surface area contributed by atoms with Gasteiger partial charge in [-0.2, -0.15) is 0 Å². The monoisotopic (exact) mass is 228 g/mol. The molecule has 1 fully saturated rings. The number of nitrogens with two attached hydrogens (primary N) is 1. The highest BCUT2D eigenvalue weighted by Crippen LogP contribution is 2.17. The van der Waals surface area contributed by atoms with E-state index in [1.165, 1.54) is 6.08 Å². The van der Waals surface area contributed by atoms with Gasteiger partial charge in [0.05, 0.1) is 0 Å².